The molecule has 1 fully saturated rings. The third-order valence-corrected chi connectivity index (χ3v) is 11.3. The fraction of sp³-hybridized carbons (Fsp3) is 0.650. The summed E-state index contributed by atoms with van der Waals surface area (Å²) >= 11 is 6.31. The van der Waals surface area contributed by atoms with E-state index in [1.807, 2.05) is 6.07 Å². The van der Waals surface area contributed by atoms with Gasteiger partial charge in [-0.25, -0.2) is 0 Å². The first-order valence-electron chi connectivity index (χ1n) is 9.41. The number of ketones is 1. The Kier molecular flexibility index (Phi) is 6.54. The summed E-state index contributed by atoms with van der Waals surface area (Å²) in [6.07, 6.45) is 0.146. The molecular formula is C20H30ClNO4Si. The van der Waals surface area contributed by atoms with Crippen molar-refractivity contribution in [2.75, 3.05) is 6.61 Å². The highest BCUT2D eigenvalue weighted by molar-refractivity contribution is 6.74. The topological polar surface area (TPSA) is 69.4 Å². The van der Waals surface area contributed by atoms with Crippen molar-refractivity contribution < 1.29 is 14.1 Å². The van der Waals surface area contributed by atoms with Crippen LogP contribution in [0, 0.1) is 22.0 Å². The minimum atomic E-state index is -2.08. The number of carbonyl (C=O) groups excluding carboxylic acids is 1. The lowest BCUT2D eigenvalue weighted by atomic mass is 9.68. The van der Waals surface area contributed by atoms with Gasteiger partial charge in [0, 0.05) is 28.9 Å². The second kappa shape index (κ2) is 8.01. The molecule has 0 heterocycles. The molecule has 2 rings (SSSR count). The van der Waals surface area contributed by atoms with Crippen molar-refractivity contribution >= 4 is 25.7 Å². The Hall–Kier alpha value is -1.24. The van der Waals surface area contributed by atoms with Gasteiger partial charge in [0.05, 0.1) is 11.8 Å². The van der Waals surface area contributed by atoms with Gasteiger partial charge in [-0.2, -0.15) is 0 Å². The molecule has 0 N–H and O–H groups in total. The molecule has 27 heavy (non-hydrogen) atoms. The zero-order valence-corrected chi connectivity index (χ0v) is 18.7. The smallest absolute Gasteiger partial charge is 0.226 e. The first-order chi connectivity index (χ1) is 12.4. The van der Waals surface area contributed by atoms with Gasteiger partial charge in [0.25, 0.3) is 0 Å². The summed E-state index contributed by atoms with van der Waals surface area (Å²) in [7, 11) is -2.08. The van der Waals surface area contributed by atoms with Crippen LogP contribution in [0.25, 0.3) is 0 Å². The molecule has 5 nitrogen and oxygen atoms in total. The van der Waals surface area contributed by atoms with Crippen LogP contribution in [0.3, 0.4) is 0 Å². The highest BCUT2D eigenvalue weighted by Gasteiger charge is 2.51. The highest BCUT2D eigenvalue weighted by atomic mass is 35.5. The van der Waals surface area contributed by atoms with E-state index in [0.29, 0.717) is 10.6 Å². The number of hydrogen-bond acceptors (Lipinski definition) is 4. The van der Waals surface area contributed by atoms with Gasteiger partial charge >= 0.3 is 0 Å². The molecule has 0 aromatic heterocycles. The van der Waals surface area contributed by atoms with Crippen LogP contribution in [0.2, 0.25) is 23.2 Å². The van der Waals surface area contributed by atoms with E-state index < -0.39 is 32.1 Å². The maximum atomic E-state index is 12.7. The lowest BCUT2D eigenvalue weighted by Crippen LogP contribution is -2.51. The molecule has 0 bridgehead atoms. The normalized spacial score (nSPS) is 26.9. The molecule has 0 aliphatic heterocycles. The predicted octanol–water partition coefficient (Wildman–Crippen LogP) is 5.32. The van der Waals surface area contributed by atoms with Gasteiger partial charge in [-0.3, -0.25) is 14.9 Å². The van der Waals surface area contributed by atoms with Crippen LogP contribution in [-0.4, -0.2) is 31.7 Å². The van der Waals surface area contributed by atoms with Crippen LogP contribution in [0.4, 0.5) is 0 Å². The maximum absolute atomic E-state index is 12.7. The number of halogens is 1. The van der Waals surface area contributed by atoms with E-state index in [1.165, 1.54) is 0 Å². The maximum Gasteiger partial charge on any atom is 0.226 e. The Morgan fingerprint density at radius 1 is 1.30 bits per heavy atom. The quantitative estimate of drug-likeness (QED) is 0.373. The lowest BCUT2D eigenvalue weighted by molar-refractivity contribution is -0.540. The molecule has 7 heteroatoms. The van der Waals surface area contributed by atoms with Crippen molar-refractivity contribution in [3.8, 4) is 0 Å². The Bertz CT molecular complexity index is 716. The second-order valence-electron chi connectivity index (χ2n) is 9.10. The SMILES string of the molecule is C[C@H]1C(=O)C[C@H](c2ccccc2Cl)[C@@H]([N+](=O)[O-])[C@H]1CO[Si](C)(C)C(C)(C)C. The summed E-state index contributed by atoms with van der Waals surface area (Å²) in [5.41, 5.74) is 0.679. The van der Waals surface area contributed by atoms with Crippen LogP contribution < -0.4 is 0 Å². The van der Waals surface area contributed by atoms with Crippen molar-refractivity contribution in [3.63, 3.8) is 0 Å². The third-order valence-electron chi connectivity index (χ3n) is 6.41. The summed E-state index contributed by atoms with van der Waals surface area (Å²) in [6, 6.07) is 6.22. The van der Waals surface area contributed by atoms with E-state index in [-0.39, 0.29) is 28.8 Å². The van der Waals surface area contributed by atoms with E-state index in [4.69, 9.17) is 16.0 Å². The van der Waals surface area contributed by atoms with Crippen LogP contribution in [0.15, 0.2) is 24.3 Å². The van der Waals surface area contributed by atoms with Crippen LogP contribution in [-0.2, 0) is 9.22 Å². The summed E-state index contributed by atoms with van der Waals surface area (Å²) in [6.45, 7) is 12.7. The molecule has 1 saturated carbocycles. The number of nitro groups is 1. The Morgan fingerprint density at radius 2 is 1.89 bits per heavy atom. The fourth-order valence-electron chi connectivity index (χ4n) is 3.49. The largest absolute Gasteiger partial charge is 0.416 e. The summed E-state index contributed by atoms with van der Waals surface area (Å²) in [4.78, 5) is 24.5. The fourth-order valence-corrected chi connectivity index (χ4v) is 4.81. The molecule has 1 aromatic rings. The first kappa shape index (κ1) is 22.1. The van der Waals surface area contributed by atoms with Crippen molar-refractivity contribution in [1.29, 1.82) is 0 Å². The zero-order chi connectivity index (χ0) is 20.6. The number of hydrogen-bond donors (Lipinski definition) is 0. The molecule has 0 radical (unpaired) electrons. The van der Waals surface area contributed by atoms with E-state index in [1.54, 1.807) is 25.1 Å². The molecule has 1 aliphatic carbocycles. The van der Waals surface area contributed by atoms with Gasteiger partial charge in [-0.1, -0.05) is 57.5 Å². The van der Waals surface area contributed by atoms with Gasteiger partial charge in [0.1, 0.15) is 5.78 Å². The molecule has 0 saturated heterocycles. The van der Waals surface area contributed by atoms with Crippen molar-refractivity contribution in [2.24, 2.45) is 11.8 Å². The Labute approximate surface area is 167 Å². The first-order valence-corrected chi connectivity index (χ1v) is 12.7. The van der Waals surface area contributed by atoms with Crippen LogP contribution >= 0.6 is 11.6 Å². The monoisotopic (exact) mass is 411 g/mol. The van der Waals surface area contributed by atoms with Gasteiger partial charge in [0.2, 0.25) is 6.04 Å². The third kappa shape index (κ3) is 4.61. The number of benzene rings is 1. The van der Waals surface area contributed by atoms with E-state index in [2.05, 4.69) is 33.9 Å². The van der Waals surface area contributed by atoms with Gasteiger partial charge < -0.3 is 4.43 Å². The molecule has 1 aromatic carbocycles. The molecular weight excluding hydrogens is 382 g/mol. The standard InChI is InChI=1S/C20H30ClNO4Si/c1-13-16(12-26-27(5,6)20(2,3)4)19(22(24)25)15(11-18(13)23)14-9-7-8-10-17(14)21/h7-10,13,15-16,19H,11-12H2,1-6H3/t13-,15-,16+,19-/m1/s1. The Balaban J connectivity index is 2.37. The molecule has 150 valence electrons. The Morgan fingerprint density at radius 3 is 2.41 bits per heavy atom. The number of Topliss-reactive ketones (excluding diaryl/α,β-unsaturated/α-hetero) is 1. The molecule has 0 unspecified atom stereocenters. The second-order valence-corrected chi connectivity index (χ2v) is 14.3. The number of rotatable bonds is 5. The van der Waals surface area contributed by atoms with Gasteiger partial charge in [-0.05, 0) is 29.8 Å². The van der Waals surface area contributed by atoms with E-state index >= 15 is 0 Å². The summed E-state index contributed by atoms with van der Waals surface area (Å²) in [5.74, 6) is -1.34. The van der Waals surface area contributed by atoms with Crippen LogP contribution in [0.5, 0.6) is 0 Å². The molecule has 0 amide bonds. The van der Waals surface area contributed by atoms with Crippen LogP contribution in [0.1, 0.15) is 45.6 Å². The average molecular weight is 412 g/mol. The molecule has 0 spiro atoms. The zero-order valence-electron chi connectivity index (χ0n) is 17.0. The van der Waals surface area contributed by atoms with E-state index in [0.717, 1.165) is 0 Å². The van der Waals surface area contributed by atoms with E-state index in [9.17, 15) is 14.9 Å². The highest BCUT2D eigenvalue weighted by Crippen LogP contribution is 2.43. The number of nitrogens with zero attached hydrogens (tertiary/aromatic N) is 1. The average Bonchev–Trinajstić information content (AvgIpc) is 2.55. The molecule has 1 aliphatic rings. The van der Waals surface area contributed by atoms with Gasteiger partial charge in [-0.15, -0.1) is 0 Å². The number of carbonyl (C=O) groups is 1. The van der Waals surface area contributed by atoms with Crippen molar-refractivity contribution in [1.82, 2.24) is 0 Å². The minimum Gasteiger partial charge on any atom is -0.416 e. The minimum absolute atomic E-state index is 0.00116. The lowest BCUT2D eigenvalue weighted by Gasteiger charge is -2.40. The molecule has 4 atom stereocenters. The van der Waals surface area contributed by atoms with Crippen molar-refractivity contribution in [3.05, 3.63) is 45.0 Å². The van der Waals surface area contributed by atoms with Crippen molar-refractivity contribution in [2.45, 2.75) is 64.2 Å². The predicted molar refractivity (Wildman–Crippen MR) is 110 cm³/mol. The summed E-state index contributed by atoms with van der Waals surface area (Å²) in [5, 5.41) is 12.5. The summed E-state index contributed by atoms with van der Waals surface area (Å²) < 4.78 is 6.30. The van der Waals surface area contributed by atoms with Gasteiger partial charge in [0.15, 0.2) is 8.32 Å².